The average molecular weight is 312 g/mol. The van der Waals surface area contributed by atoms with Crippen LogP contribution < -0.4 is 5.32 Å². The average Bonchev–Trinajstić information content (AvgIpc) is 2.39. The molecule has 0 fully saturated rings. The molecular formula is C16H26BrN. The van der Waals surface area contributed by atoms with Gasteiger partial charge in [-0.25, -0.2) is 0 Å². The van der Waals surface area contributed by atoms with Crippen LogP contribution in [0.1, 0.15) is 51.5 Å². The van der Waals surface area contributed by atoms with Gasteiger partial charge in [0.05, 0.1) is 0 Å². The summed E-state index contributed by atoms with van der Waals surface area (Å²) in [4.78, 5) is 0. The molecule has 0 saturated carbocycles. The van der Waals surface area contributed by atoms with Gasteiger partial charge in [-0.2, -0.15) is 0 Å². The minimum absolute atomic E-state index is 0.613. The quantitative estimate of drug-likeness (QED) is 0.668. The zero-order chi connectivity index (χ0) is 13.4. The van der Waals surface area contributed by atoms with Crippen LogP contribution in [-0.2, 0) is 0 Å². The van der Waals surface area contributed by atoms with Gasteiger partial charge in [-0.3, -0.25) is 0 Å². The highest BCUT2D eigenvalue weighted by atomic mass is 79.9. The fraction of sp³-hybridized carbons (Fsp3) is 0.625. The second kappa shape index (κ2) is 8.71. The van der Waals surface area contributed by atoms with Crippen LogP contribution in [0.2, 0.25) is 0 Å². The molecule has 1 rings (SSSR count). The van der Waals surface area contributed by atoms with Gasteiger partial charge in [0.2, 0.25) is 0 Å². The topological polar surface area (TPSA) is 12.0 Å². The van der Waals surface area contributed by atoms with Crippen molar-refractivity contribution in [2.24, 2.45) is 5.92 Å². The van der Waals surface area contributed by atoms with Gasteiger partial charge in [0, 0.05) is 16.9 Å². The summed E-state index contributed by atoms with van der Waals surface area (Å²) in [6, 6.07) is 8.66. The van der Waals surface area contributed by atoms with Crippen molar-refractivity contribution >= 4 is 15.9 Å². The molecule has 0 saturated heterocycles. The third-order valence-electron chi connectivity index (χ3n) is 3.71. The molecule has 0 spiro atoms. The molecule has 1 aromatic rings. The molecule has 18 heavy (non-hydrogen) atoms. The van der Waals surface area contributed by atoms with E-state index >= 15 is 0 Å². The summed E-state index contributed by atoms with van der Waals surface area (Å²) in [6.45, 7) is 9.02. The Balaban J connectivity index is 2.85. The van der Waals surface area contributed by atoms with Crippen molar-refractivity contribution in [2.45, 2.75) is 46.0 Å². The summed E-state index contributed by atoms with van der Waals surface area (Å²) in [5.41, 5.74) is 1.45. The predicted molar refractivity (Wildman–Crippen MR) is 84.1 cm³/mol. The summed E-state index contributed by atoms with van der Waals surface area (Å²) in [7, 11) is 0. The Bertz CT molecular complexity index is 334. The lowest BCUT2D eigenvalue weighted by Gasteiger charge is -2.27. The molecule has 0 bridgehead atoms. The van der Waals surface area contributed by atoms with Crippen LogP contribution in [0.15, 0.2) is 28.7 Å². The molecule has 0 heterocycles. The number of hydrogen-bond donors (Lipinski definition) is 1. The van der Waals surface area contributed by atoms with E-state index in [1.54, 1.807) is 0 Å². The fourth-order valence-corrected chi connectivity index (χ4v) is 3.18. The van der Waals surface area contributed by atoms with Crippen LogP contribution in [0.4, 0.5) is 0 Å². The van der Waals surface area contributed by atoms with Crippen molar-refractivity contribution in [3.8, 4) is 0 Å². The Morgan fingerprint density at radius 3 is 2.33 bits per heavy atom. The molecule has 0 aliphatic heterocycles. The Labute approximate surface area is 120 Å². The second-order valence-electron chi connectivity index (χ2n) is 4.91. The van der Waals surface area contributed by atoms with Crippen molar-refractivity contribution in [3.63, 3.8) is 0 Å². The van der Waals surface area contributed by atoms with E-state index in [-0.39, 0.29) is 0 Å². The van der Waals surface area contributed by atoms with E-state index in [0.29, 0.717) is 5.92 Å². The molecule has 2 heteroatoms. The fourth-order valence-electron chi connectivity index (χ4n) is 2.60. The van der Waals surface area contributed by atoms with Crippen molar-refractivity contribution < 1.29 is 0 Å². The van der Waals surface area contributed by atoms with E-state index in [4.69, 9.17) is 0 Å². The highest BCUT2D eigenvalue weighted by Crippen LogP contribution is 2.33. The SMILES string of the molecule is CCCNCC(c1ccccc1Br)C(CC)CC. The van der Waals surface area contributed by atoms with Crippen LogP contribution >= 0.6 is 15.9 Å². The van der Waals surface area contributed by atoms with E-state index < -0.39 is 0 Å². The van der Waals surface area contributed by atoms with Crippen molar-refractivity contribution in [3.05, 3.63) is 34.3 Å². The van der Waals surface area contributed by atoms with E-state index in [1.807, 2.05) is 0 Å². The molecule has 1 nitrogen and oxygen atoms in total. The summed E-state index contributed by atoms with van der Waals surface area (Å²) in [5, 5.41) is 3.59. The Hall–Kier alpha value is -0.340. The zero-order valence-electron chi connectivity index (χ0n) is 11.9. The maximum Gasteiger partial charge on any atom is 0.0210 e. The highest BCUT2D eigenvalue weighted by molar-refractivity contribution is 9.10. The number of hydrogen-bond acceptors (Lipinski definition) is 1. The van der Waals surface area contributed by atoms with Gasteiger partial charge in [-0.15, -0.1) is 0 Å². The molecule has 0 aromatic heterocycles. The van der Waals surface area contributed by atoms with Crippen LogP contribution in [0.5, 0.6) is 0 Å². The van der Waals surface area contributed by atoms with Crippen molar-refractivity contribution in [1.82, 2.24) is 5.32 Å². The molecule has 0 aliphatic carbocycles. The maximum absolute atomic E-state index is 3.70. The molecule has 0 amide bonds. The third kappa shape index (κ3) is 4.40. The predicted octanol–water partition coefficient (Wildman–Crippen LogP) is 4.97. The summed E-state index contributed by atoms with van der Waals surface area (Å²) < 4.78 is 1.25. The summed E-state index contributed by atoms with van der Waals surface area (Å²) in [6.07, 6.45) is 3.69. The van der Waals surface area contributed by atoms with E-state index in [1.165, 1.54) is 29.3 Å². The summed E-state index contributed by atoms with van der Waals surface area (Å²) in [5.74, 6) is 1.37. The number of halogens is 1. The van der Waals surface area contributed by atoms with Crippen LogP contribution in [0.25, 0.3) is 0 Å². The molecule has 1 N–H and O–H groups in total. The summed E-state index contributed by atoms with van der Waals surface area (Å²) >= 11 is 3.70. The minimum Gasteiger partial charge on any atom is -0.316 e. The lowest BCUT2D eigenvalue weighted by Crippen LogP contribution is -2.27. The Morgan fingerprint density at radius 1 is 1.11 bits per heavy atom. The smallest absolute Gasteiger partial charge is 0.0210 e. The molecular weight excluding hydrogens is 286 g/mol. The largest absolute Gasteiger partial charge is 0.316 e. The van der Waals surface area contributed by atoms with Gasteiger partial charge in [0.25, 0.3) is 0 Å². The Morgan fingerprint density at radius 2 is 1.78 bits per heavy atom. The number of benzene rings is 1. The first-order valence-corrected chi connectivity index (χ1v) is 7.98. The van der Waals surface area contributed by atoms with Gasteiger partial charge in [-0.05, 0) is 30.5 Å². The van der Waals surface area contributed by atoms with Crippen molar-refractivity contribution in [2.75, 3.05) is 13.1 Å². The Kier molecular flexibility index (Phi) is 7.60. The van der Waals surface area contributed by atoms with E-state index in [0.717, 1.165) is 19.0 Å². The van der Waals surface area contributed by atoms with Crippen molar-refractivity contribution in [1.29, 1.82) is 0 Å². The molecule has 0 aliphatic rings. The third-order valence-corrected chi connectivity index (χ3v) is 4.44. The second-order valence-corrected chi connectivity index (χ2v) is 5.76. The molecule has 1 unspecified atom stereocenters. The van der Waals surface area contributed by atoms with Gasteiger partial charge in [0.1, 0.15) is 0 Å². The standard InChI is InChI=1S/C16H26BrN/c1-4-11-18-12-15(13(5-2)6-3)14-9-7-8-10-16(14)17/h7-10,13,15,18H,4-6,11-12H2,1-3H3. The van der Waals surface area contributed by atoms with Gasteiger partial charge < -0.3 is 5.32 Å². The lowest BCUT2D eigenvalue weighted by molar-refractivity contribution is 0.379. The first kappa shape index (κ1) is 15.7. The van der Waals surface area contributed by atoms with Gasteiger partial charge in [-0.1, -0.05) is 67.7 Å². The first-order chi connectivity index (χ1) is 8.74. The number of nitrogens with one attached hydrogen (secondary N) is 1. The first-order valence-electron chi connectivity index (χ1n) is 7.19. The van der Waals surface area contributed by atoms with E-state index in [2.05, 4.69) is 66.3 Å². The maximum atomic E-state index is 3.70. The van der Waals surface area contributed by atoms with Gasteiger partial charge >= 0.3 is 0 Å². The highest BCUT2D eigenvalue weighted by Gasteiger charge is 2.21. The van der Waals surface area contributed by atoms with Crippen LogP contribution in [-0.4, -0.2) is 13.1 Å². The van der Waals surface area contributed by atoms with E-state index in [9.17, 15) is 0 Å². The van der Waals surface area contributed by atoms with Crippen LogP contribution in [0.3, 0.4) is 0 Å². The normalized spacial score (nSPS) is 12.9. The molecule has 102 valence electrons. The monoisotopic (exact) mass is 311 g/mol. The minimum atomic E-state index is 0.613. The molecule has 1 aromatic carbocycles. The van der Waals surface area contributed by atoms with Gasteiger partial charge in [0.15, 0.2) is 0 Å². The molecule has 0 radical (unpaired) electrons. The zero-order valence-corrected chi connectivity index (χ0v) is 13.5. The van der Waals surface area contributed by atoms with Crippen LogP contribution in [0, 0.1) is 5.92 Å². The molecule has 1 atom stereocenters. The lowest BCUT2D eigenvalue weighted by atomic mass is 9.82. The number of rotatable bonds is 8.